The summed E-state index contributed by atoms with van der Waals surface area (Å²) in [5.41, 5.74) is -2.33. The topological polar surface area (TPSA) is 57.5 Å². The molecule has 1 unspecified atom stereocenters. The standard InChI is InChI=1S/C16H13BrF2O3/c1-9(14-12(17)7-11(18)8-13(14)19)16(22,15(20)21)10-5-3-2-4-6-10/h2-9,22H,1H3,(H,20,21)/t9-,16?/m0/s1. The second kappa shape index (κ2) is 6.14. The van der Waals surface area contributed by atoms with Gasteiger partial charge in [-0.1, -0.05) is 53.2 Å². The Morgan fingerprint density at radius 1 is 1.23 bits per heavy atom. The smallest absolute Gasteiger partial charge is 0.341 e. The van der Waals surface area contributed by atoms with Crippen molar-refractivity contribution in [3.63, 3.8) is 0 Å². The molecular weight excluding hydrogens is 358 g/mol. The van der Waals surface area contributed by atoms with Crippen LogP contribution in [0.15, 0.2) is 46.9 Å². The van der Waals surface area contributed by atoms with E-state index in [-0.39, 0.29) is 15.6 Å². The van der Waals surface area contributed by atoms with Crippen molar-refractivity contribution < 1.29 is 23.8 Å². The third kappa shape index (κ3) is 2.76. The van der Waals surface area contributed by atoms with Crippen LogP contribution in [0.2, 0.25) is 0 Å². The third-order valence-electron chi connectivity index (χ3n) is 3.64. The highest BCUT2D eigenvalue weighted by atomic mass is 79.9. The number of halogens is 3. The van der Waals surface area contributed by atoms with Crippen LogP contribution in [0.5, 0.6) is 0 Å². The van der Waals surface area contributed by atoms with E-state index in [4.69, 9.17) is 0 Å². The molecule has 0 aromatic heterocycles. The Morgan fingerprint density at radius 2 is 1.82 bits per heavy atom. The van der Waals surface area contributed by atoms with Crippen molar-refractivity contribution >= 4 is 21.9 Å². The van der Waals surface area contributed by atoms with Crippen LogP contribution in [-0.4, -0.2) is 16.2 Å². The molecule has 0 aliphatic carbocycles. The van der Waals surface area contributed by atoms with Gasteiger partial charge in [-0.25, -0.2) is 13.6 Å². The maximum Gasteiger partial charge on any atom is 0.341 e. The van der Waals surface area contributed by atoms with Gasteiger partial charge < -0.3 is 10.2 Å². The summed E-state index contributed by atoms with van der Waals surface area (Å²) in [4.78, 5) is 11.7. The molecule has 0 bridgehead atoms. The van der Waals surface area contributed by atoms with Gasteiger partial charge in [0, 0.05) is 22.0 Å². The maximum atomic E-state index is 14.1. The Morgan fingerprint density at radius 3 is 2.32 bits per heavy atom. The molecule has 116 valence electrons. The molecule has 0 aliphatic rings. The average Bonchev–Trinajstić information content (AvgIpc) is 2.45. The van der Waals surface area contributed by atoms with Gasteiger partial charge >= 0.3 is 5.97 Å². The molecule has 0 saturated carbocycles. The van der Waals surface area contributed by atoms with E-state index < -0.39 is 29.1 Å². The first kappa shape index (κ1) is 16.6. The fourth-order valence-electron chi connectivity index (χ4n) is 2.43. The molecule has 0 spiro atoms. The monoisotopic (exact) mass is 370 g/mol. The Hall–Kier alpha value is -1.79. The molecule has 0 saturated heterocycles. The number of aliphatic carboxylic acids is 1. The lowest BCUT2D eigenvalue weighted by Crippen LogP contribution is -2.41. The normalized spacial score (nSPS) is 15.1. The Kier molecular flexibility index (Phi) is 4.63. The van der Waals surface area contributed by atoms with Gasteiger partial charge in [-0.05, 0) is 11.6 Å². The van der Waals surface area contributed by atoms with Gasteiger partial charge in [0.2, 0.25) is 0 Å². The Labute approximate surface area is 134 Å². The highest BCUT2D eigenvalue weighted by Gasteiger charge is 2.45. The Bertz CT molecular complexity index is 683. The predicted molar refractivity (Wildman–Crippen MR) is 80.4 cm³/mol. The molecule has 3 nitrogen and oxygen atoms in total. The quantitative estimate of drug-likeness (QED) is 0.860. The first-order valence-electron chi connectivity index (χ1n) is 6.44. The van der Waals surface area contributed by atoms with Crippen molar-refractivity contribution in [3.05, 3.63) is 69.7 Å². The maximum absolute atomic E-state index is 14.1. The lowest BCUT2D eigenvalue weighted by Gasteiger charge is -2.31. The zero-order chi connectivity index (χ0) is 16.5. The minimum absolute atomic E-state index is 0.0631. The largest absolute Gasteiger partial charge is 0.479 e. The van der Waals surface area contributed by atoms with Crippen molar-refractivity contribution in [2.24, 2.45) is 0 Å². The molecule has 22 heavy (non-hydrogen) atoms. The van der Waals surface area contributed by atoms with E-state index in [1.165, 1.54) is 19.1 Å². The molecule has 0 heterocycles. The number of carboxylic acid groups (broad SMARTS) is 1. The van der Waals surface area contributed by atoms with Crippen LogP contribution in [0, 0.1) is 11.6 Å². The van der Waals surface area contributed by atoms with E-state index in [2.05, 4.69) is 15.9 Å². The first-order valence-corrected chi connectivity index (χ1v) is 7.23. The van der Waals surface area contributed by atoms with Crippen molar-refractivity contribution in [2.45, 2.75) is 18.4 Å². The van der Waals surface area contributed by atoms with Crippen LogP contribution in [0.4, 0.5) is 8.78 Å². The van der Waals surface area contributed by atoms with Gasteiger partial charge in [0.05, 0.1) is 0 Å². The number of hydrogen-bond acceptors (Lipinski definition) is 2. The summed E-state index contributed by atoms with van der Waals surface area (Å²) in [6, 6.07) is 9.40. The molecule has 0 amide bonds. The van der Waals surface area contributed by atoms with Gasteiger partial charge in [-0.2, -0.15) is 0 Å². The molecule has 0 fully saturated rings. The summed E-state index contributed by atoms with van der Waals surface area (Å²) in [6.07, 6.45) is 0. The van der Waals surface area contributed by atoms with E-state index in [1.807, 2.05) is 0 Å². The first-order chi connectivity index (χ1) is 10.3. The number of carboxylic acids is 1. The SMILES string of the molecule is C[C@@H](c1c(F)cc(F)cc1Br)C(O)(C(=O)O)c1ccccc1. The predicted octanol–water partition coefficient (Wildman–Crippen LogP) is 3.80. The molecule has 6 heteroatoms. The number of aliphatic hydroxyl groups is 1. The van der Waals surface area contributed by atoms with Gasteiger partial charge in [-0.3, -0.25) is 0 Å². The molecule has 2 N–H and O–H groups in total. The van der Waals surface area contributed by atoms with Crippen molar-refractivity contribution in [1.29, 1.82) is 0 Å². The number of rotatable bonds is 4. The zero-order valence-electron chi connectivity index (χ0n) is 11.6. The molecule has 2 aromatic rings. The average molecular weight is 371 g/mol. The summed E-state index contributed by atoms with van der Waals surface area (Å²) < 4.78 is 27.4. The van der Waals surface area contributed by atoms with Crippen molar-refractivity contribution in [3.8, 4) is 0 Å². The summed E-state index contributed by atoms with van der Waals surface area (Å²) in [6.45, 7) is 1.38. The van der Waals surface area contributed by atoms with Crippen LogP contribution in [0.3, 0.4) is 0 Å². The minimum atomic E-state index is -2.34. The fraction of sp³-hybridized carbons (Fsp3) is 0.188. The summed E-state index contributed by atoms with van der Waals surface area (Å²) in [7, 11) is 0. The number of carbonyl (C=O) groups is 1. The van der Waals surface area contributed by atoms with E-state index in [1.54, 1.807) is 18.2 Å². The van der Waals surface area contributed by atoms with Crippen LogP contribution in [0.1, 0.15) is 24.0 Å². The highest BCUT2D eigenvalue weighted by Crippen LogP contribution is 2.41. The van der Waals surface area contributed by atoms with Gasteiger partial charge in [0.25, 0.3) is 0 Å². The van der Waals surface area contributed by atoms with Crippen molar-refractivity contribution in [2.75, 3.05) is 0 Å². The van der Waals surface area contributed by atoms with E-state index in [0.717, 1.165) is 6.07 Å². The van der Waals surface area contributed by atoms with Crippen LogP contribution in [-0.2, 0) is 10.4 Å². The second-order valence-electron chi connectivity index (χ2n) is 4.94. The minimum Gasteiger partial charge on any atom is -0.479 e. The summed E-state index contributed by atoms with van der Waals surface area (Å²) in [5, 5.41) is 20.2. The molecule has 0 aliphatic heterocycles. The number of benzene rings is 2. The molecule has 2 rings (SSSR count). The number of hydrogen-bond donors (Lipinski definition) is 2. The van der Waals surface area contributed by atoms with Crippen LogP contribution >= 0.6 is 15.9 Å². The molecular formula is C16H13BrF2O3. The lowest BCUT2D eigenvalue weighted by molar-refractivity contribution is -0.162. The second-order valence-corrected chi connectivity index (χ2v) is 5.80. The summed E-state index contributed by atoms with van der Waals surface area (Å²) in [5.74, 6) is -4.38. The fourth-order valence-corrected chi connectivity index (χ4v) is 3.18. The van der Waals surface area contributed by atoms with E-state index in [9.17, 15) is 23.8 Å². The van der Waals surface area contributed by atoms with Crippen molar-refractivity contribution in [1.82, 2.24) is 0 Å². The third-order valence-corrected chi connectivity index (χ3v) is 4.30. The zero-order valence-corrected chi connectivity index (χ0v) is 13.1. The Balaban J connectivity index is 2.63. The van der Waals surface area contributed by atoms with E-state index in [0.29, 0.717) is 6.07 Å². The molecule has 0 radical (unpaired) electrons. The van der Waals surface area contributed by atoms with Crippen LogP contribution in [0.25, 0.3) is 0 Å². The van der Waals surface area contributed by atoms with E-state index >= 15 is 0 Å². The highest BCUT2D eigenvalue weighted by molar-refractivity contribution is 9.10. The van der Waals surface area contributed by atoms with Gasteiger partial charge in [0.15, 0.2) is 5.60 Å². The van der Waals surface area contributed by atoms with Crippen LogP contribution < -0.4 is 0 Å². The van der Waals surface area contributed by atoms with Gasteiger partial charge in [0.1, 0.15) is 11.6 Å². The summed E-state index contributed by atoms with van der Waals surface area (Å²) >= 11 is 3.03. The lowest BCUT2D eigenvalue weighted by atomic mass is 9.78. The van der Waals surface area contributed by atoms with Gasteiger partial charge in [-0.15, -0.1) is 0 Å². The molecule has 2 aromatic carbocycles. The molecule has 2 atom stereocenters.